The molecule has 0 aliphatic rings. The van der Waals surface area contributed by atoms with Gasteiger partial charge >= 0.3 is 0 Å². The Morgan fingerprint density at radius 3 is 1.33 bits per heavy atom. The van der Waals surface area contributed by atoms with Gasteiger partial charge in [-0.2, -0.15) is 10.2 Å². The third kappa shape index (κ3) is 17.2. The van der Waals surface area contributed by atoms with Gasteiger partial charge in [0.05, 0.1) is 25.6 Å². The zero-order valence-electron chi connectivity index (χ0n) is 25.6. The molecule has 2 N–H and O–H groups in total. The average molecular weight is 579 g/mol. The van der Waals surface area contributed by atoms with E-state index in [1.807, 2.05) is 48.5 Å². The lowest BCUT2D eigenvalue weighted by Gasteiger charge is -2.05. The number of carbonyl (C=O) groups is 2. The highest BCUT2D eigenvalue weighted by molar-refractivity contribution is 5.83. The van der Waals surface area contributed by atoms with Crippen LogP contribution < -0.4 is 20.3 Å². The van der Waals surface area contributed by atoms with E-state index in [0.717, 1.165) is 87.2 Å². The molecule has 0 aliphatic carbocycles. The van der Waals surface area contributed by atoms with Crippen molar-refractivity contribution in [2.45, 2.75) is 104 Å². The number of benzene rings is 2. The molecule has 0 aliphatic heterocycles. The molecule has 2 aromatic rings. The lowest BCUT2D eigenvalue weighted by atomic mass is 10.1. The maximum Gasteiger partial charge on any atom is 0.240 e. The summed E-state index contributed by atoms with van der Waals surface area (Å²) in [6, 6.07) is 15.4. The van der Waals surface area contributed by atoms with Crippen LogP contribution in [0.1, 0.15) is 115 Å². The second-order valence-corrected chi connectivity index (χ2v) is 10.5. The third-order valence-corrected chi connectivity index (χ3v) is 6.66. The molecule has 0 fully saturated rings. The lowest BCUT2D eigenvalue weighted by molar-refractivity contribution is -0.122. The zero-order valence-corrected chi connectivity index (χ0v) is 25.6. The first kappa shape index (κ1) is 34.5. The minimum absolute atomic E-state index is 0.0777. The van der Waals surface area contributed by atoms with Crippen LogP contribution in [0, 0.1) is 0 Å². The van der Waals surface area contributed by atoms with Crippen molar-refractivity contribution < 1.29 is 19.1 Å². The van der Waals surface area contributed by atoms with E-state index in [0.29, 0.717) is 12.8 Å². The van der Waals surface area contributed by atoms with Gasteiger partial charge < -0.3 is 9.47 Å². The van der Waals surface area contributed by atoms with Crippen molar-refractivity contribution in [2.75, 3.05) is 13.2 Å². The molecule has 8 heteroatoms. The molecule has 0 saturated heterocycles. The summed E-state index contributed by atoms with van der Waals surface area (Å²) in [6.07, 6.45) is 16.7. The van der Waals surface area contributed by atoms with Crippen LogP contribution in [-0.4, -0.2) is 37.5 Å². The molecular weight excluding hydrogens is 528 g/mol. The highest BCUT2D eigenvalue weighted by Crippen LogP contribution is 2.13. The Hall–Kier alpha value is -3.68. The van der Waals surface area contributed by atoms with Gasteiger partial charge in [0.15, 0.2) is 0 Å². The number of nitrogens with one attached hydrogen (secondary N) is 2. The SMILES string of the molecule is CCCCCOc1ccc(/C=N/NC(=O)CCCCCCCCC(=O)N/N=C/c2ccc(OCCCCC)cc2)cc1. The van der Waals surface area contributed by atoms with Crippen molar-refractivity contribution in [3.8, 4) is 11.5 Å². The zero-order chi connectivity index (χ0) is 30.1. The molecule has 0 radical (unpaired) electrons. The predicted molar refractivity (Wildman–Crippen MR) is 171 cm³/mol. The number of unbranched alkanes of at least 4 members (excludes halogenated alkanes) is 9. The number of hydrazone groups is 2. The standard InChI is InChI=1S/C34H50N4O4/c1-3-5-13-25-41-31-21-17-29(18-22-31)27-35-37-33(39)15-11-9-7-8-10-12-16-34(40)38-36-28-30-19-23-32(24-20-30)42-26-14-6-4-2/h17-24,27-28H,3-16,25-26H2,1-2H3,(H,37,39)(H,38,40)/b35-27+,36-28+. The predicted octanol–water partition coefficient (Wildman–Crippen LogP) is 7.55. The third-order valence-electron chi connectivity index (χ3n) is 6.66. The molecule has 0 unspecified atom stereocenters. The van der Waals surface area contributed by atoms with Gasteiger partial charge in [-0.3, -0.25) is 9.59 Å². The molecule has 42 heavy (non-hydrogen) atoms. The number of hydrogen-bond donors (Lipinski definition) is 2. The van der Waals surface area contributed by atoms with Crippen LogP contribution >= 0.6 is 0 Å². The van der Waals surface area contributed by atoms with E-state index in [4.69, 9.17) is 9.47 Å². The summed E-state index contributed by atoms with van der Waals surface area (Å²) in [4.78, 5) is 24.0. The molecule has 0 heterocycles. The molecule has 0 bridgehead atoms. The van der Waals surface area contributed by atoms with Crippen molar-refractivity contribution in [2.24, 2.45) is 10.2 Å². The van der Waals surface area contributed by atoms with Gasteiger partial charge in [0.25, 0.3) is 0 Å². The van der Waals surface area contributed by atoms with Crippen LogP contribution in [0.4, 0.5) is 0 Å². The minimum Gasteiger partial charge on any atom is -0.494 e. The fourth-order valence-electron chi connectivity index (χ4n) is 4.13. The van der Waals surface area contributed by atoms with Crippen LogP contribution in [0.2, 0.25) is 0 Å². The normalized spacial score (nSPS) is 11.2. The Kier molecular flexibility index (Phi) is 18.9. The Morgan fingerprint density at radius 2 is 0.952 bits per heavy atom. The molecule has 2 aromatic carbocycles. The highest BCUT2D eigenvalue weighted by Gasteiger charge is 2.02. The Morgan fingerprint density at radius 1 is 0.571 bits per heavy atom. The van der Waals surface area contributed by atoms with Gasteiger partial charge in [-0.25, -0.2) is 10.9 Å². The van der Waals surface area contributed by atoms with E-state index in [1.165, 1.54) is 25.7 Å². The Balaban J connectivity index is 1.44. The van der Waals surface area contributed by atoms with Crippen molar-refractivity contribution in [1.29, 1.82) is 0 Å². The van der Waals surface area contributed by atoms with Crippen LogP contribution in [0.3, 0.4) is 0 Å². The molecule has 2 amide bonds. The van der Waals surface area contributed by atoms with Gasteiger partial charge in [0.2, 0.25) is 11.8 Å². The number of ether oxygens (including phenoxy) is 2. The molecule has 0 saturated carbocycles. The highest BCUT2D eigenvalue weighted by atomic mass is 16.5. The molecule has 230 valence electrons. The minimum atomic E-state index is -0.0777. The van der Waals surface area contributed by atoms with Crippen LogP contribution in [0.25, 0.3) is 0 Å². The van der Waals surface area contributed by atoms with E-state index < -0.39 is 0 Å². The van der Waals surface area contributed by atoms with Gasteiger partial charge in [0.1, 0.15) is 11.5 Å². The van der Waals surface area contributed by atoms with Gasteiger partial charge in [-0.15, -0.1) is 0 Å². The molecule has 0 atom stereocenters. The topological polar surface area (TPSA) is 101 Å². The largest absolute Gasteiger partial charge is 0.494 e. The van der Waals surface area contributed by atoms with E-state index in [9.17, 15) is 9.59 Å². The summed E-state index contributed by atoms with van der Waals surface area (Å²) in [5.41, 5.74) is 7.01. The van der Waals surface area contributed by atoms with Crippen molar-refractivity contribution in [3.05, 3.63) is 59.7 Å². The fourth-order valence-corrected chi connectivity index (χ4v) is 4.13. The molecule has 0 aromatic heterocycles. The van der Waals surface area contributed by atoms with Crippen molar-refractivity contribution in [1.82, 2.24) is 10.9 Å². The first-order chi connectivity index (χ1) is 20.6. The van der Waals surface area contributed by atoms with E-state index >= 15 is 0 Å². The van der Waals surface area contributed by atoms with Crippen molar-refractivity contribution in [3.63, 3.8) is 0 Å². The summed E-state index contributed by atoms with van der Waals surface area (Å²) in [5.74, 6) is 1.54. The Labute approximate surface area is 252 Å². The second kappa shape index (κ2) is 22.9. The molecule has 2 rings (SSSR count). The molecule has 0 spiro atoms. The fraction of sp³-hybridized carbons (Fsp3) is 0.529. The number of rotatable bonds is 23. The maximum atomic E-state index is 12.0. The average Bonchev–Trinajstić information content (AvgIpc) is 3.00. The maximum absolute atomic E-state index is 12.0. The smallest absolute Gasteiger partial charge is 0.240 e. The number of hydrogen-bond acceptors (Lipinski definition) is 6. The summed E-state index contributed by atoms with van der Waals surface area (Å²) >= 11 is 0. The van der Waals surface area contributed by atoms with Crippen LogP contribution in [-0.2, 0) is 9.59 Å². The number of nitrogens with zero attached hydrogens (tertiary/aromatic N) is 2. The monoisotopic (exact) mass is 578 g/mol. The molecule has 8 nitrogen and oxygen atoms in total. The summed E-state index contributed by atoms with van der Waals surface area (Å²) in [6.45, 7) is 5.81. The van der Waals surface area contributed by atoms with Gasteiger partial charge in [0, 0.05) is 12.8 Å². The lowest BCUT2D eigenvalue weighted by Crippen LogP contribution is -2.17. The second-order valence-electron chi connectivity index (χ2n) is 10.5. The first-order valence-electron chi connectivity index (χ1n) is 15.7. The van der Waals surface area contributed by atoms with E-state index in [1.54, 1.807) is 12.4 Å². The molecular formula is C34H50N4O4. The van der Waals surface area contributed by atoms with Crippen LogP contribution in [0.5, 0.6) is 11.5 Å². The van der Waals surface area contributed by atoms with E-state index in [-0.39, 0.29) is 11.8 Å². The summed E-state index contributed by atoms with van der Waals surface area (Å²) < 4.78 is 11.4. The first-order valence-corrected chi connectivity index (χ1v) is 15.7. The van der Waals surface area contributed by atoms with Crippen LogP contribution in [0.15, 0.2) is 58.7 Å². The summed E-state index contributed by atoms with van der Waals surface area (Å²) in [7, 11) is 0. The van der Waals surface area contributed by atoms with Crippen molar-refractivity contribution >= 4 is 24.2 Å². The number of carbonyl (C=O) groups excluding carboxylic acids is 2. The summed E-state index contributed by atoms with van der Waals surface area (Å²) in [5, 5.41) is 8.10. The number of amides is 2. The Bertz CT molecular complexity index is 967. The van der Waals surface area contributed by atoms with Gasteiger partial charge in [-0.05, 0) is 85.3 Å². The quantitative estimate of drug-likeness (QED) is 0.0808. The van der Waals surface area contributed by atoms with E-state index in [2.05, 4.69) is 34.9 Å². The van der Waals surface area contributed by atoms with Gasteiger partial charge in [-0.1, -0.05) is 65.2 Å².